The first-order valence-electron chi connectivity index (χ1n) is 7.45. The normalized spacial score (nSPS) is 12.1. The van der Waals surface area contributed by atoms with Crippen molar-refractivity contribution in [2.45, 2.75) is 26.3 Å². The maximum Gasteiger partial charge on any atom is 0.248 e. The van der Waals surface area contributed by atoms with Gasteiger partial charge in [0.2, 0.25) is 5.95 Å². The van der Waals surface area contributed by atoms with E-state index >= 15 is 0 Å². The lowest BCUT2D eigenvalue weighted by atomic mass is 10.0. The van der Waals surface area contributed by atoms with Crippen LogP contribution in [-0.4, -0.2) is 20.2 Å². The average molecular weight is 293 g/mol. The summed E-state index contributed by atoms with van der Waals surface area (Å²) in [6, 6.07) is 18.6. The highest BCUT2D eigenvalue weighted by atomic mass is 15.6. The second kappa shape index (κ2) is 6.39. The van der Waals surface area contributed by atoms with Crippen molar-refractivity contribution in [2.75, 3.05) is 5.32 Å². The summed E-state index contributed by atoms with van der Waals surface area (Å²) in [5.41, 5.74) is 3.43. The van der Waals surface area contributed by atoms with Crippen molar-refractivity contribution >= 4 is 5.95 Å². The second-order valence-corrected chi connectivity index (χ2v) is 5.27. The van der Waals surface area contributed by atoms with Gasteiger partial charge in [-0.2, -0.15) is 4.68 Å². The first-order valence-corrected chi connectivity index (χ1v) is 7.45. The van der Waals surface area contributed by atoms with E-state index in [2.05, 4.69) is 59.0 Å². The lowest BCUT2D eigenvalue weighted by molar-refractivity contribution is 0.725. The zero-order valence-electron chi connectivity index (χ0n) is 12.8. The third kappa shape index (κ3) is 2.98. The highest BCUT2D eigenvalue weighted by Gasteiger charge is 2.14. The van der Waals surface area contributed by atoms with Crippen LogP contribution in [0.5, 0.6) is 0 Å². The van der Waals surface area contributed by atoms with Gasteiger partial charge in [-0.05, 0) is 41.5 Å². The van der Waals surface area contributed by atoms with E-state index in [1.807, 2.05) is 30.3 Å². The molecular weight excluding hydrogens is 274 g/mol. The molecule has 1 atom stereocenters. The van der Waals surface area contributed by atoms with Crippen LogP contribution >= 0.6 is 0 Å². The van der Waals surface area contributed by atoms with Crippen molar-refractivity contribution in [3.05, 3.63) is 65.7 Å². The fraction of sp³-hybridized carbons (Fsp3) is 0.235. The first kappa shape index (κ1) is 14.3. The Kier molecular flexibility index (Phi) is 4.14. The topological polar surface area (TPSA) is 55.6 Å². The first-order chi connectivity index (χ1) is 10.8. The molecule has 0 amide bonds. The SMILES string of the molecule is CC[C@H](Nc1nnnn1-c1ccccc1)c1ccc(C)cc1. The molecule has 22 heavy (non-hydrogen) atoms. The van der Waals surface area contributed by atoms with Crippen molar-refractivity contribution in [3.8, 4) is 5.69 Å². The molecule has 3 aromatic rings. The van der Waals surface area contributed by atoms with Crippen LogP contribution < -0.4 is 5.32 Å². The molecule has 0 saturated heterocycles. The molecule has 1 aromatic heterocycles. The fourth-order valence-corrected chi connectivity index (χ4v) is 2.40. The average Bonchev–Trinajstić information content (AvgIpc) is 3.02. The summed E-state index contributed by atoms with van der Waals surface area (Å²) in [5.74, 6) is 0.652. The molecule has 2 aromatic carbocycles. The number of nitrogens with zero attached hydrogens (tertiary/aromatic N) is 4. The Morgan fingerprint density at radius 1 is 1.05 bits per heavy atom. The van der Waals surface area contributed by atoms with E-state index in [1.165, 1.54) is 11.1 Å². The van der Waals surface area contributed by atoms with E-state index < -0.39 is 0 Å². The van der Waals surface area contributed by atoms with Crippen molar-refractivity contribution in [1.82, 2.24) is 20.2 Å². The molecule has 0 fully saturated rings. The maximum atomic E-state index is 4.11. The molecule has 5 heteroatoms. The number of tetrazole rings is 1. The number of benzene rings is 2. The highest BCUT2D eigenvalue weighted by molar-refractivity contribution is 5.40. The second-order valence-electron chi connectivity index (χ2n) is 5.27. The molecule has 5 nitrogen and oxygen atoms in total. The minimum Gasteiger partial charge on any atom is -0.346 e. The van der Waals surface area contributed by atoms with E-state index in [0.717, 1.165) is 12.1 Å². The van der Waals surface area contributed by atoms with Crippen LogP contribution in [0.15, 0.2) is 54.6 Å². The summed E-state index contributed by atoms with van der Waals surface area (Å²) in [4.78, 5) is 0. The number of hydrogen-bond donors (Lipinski definition) is 1. The number of aromatic nitrogens is 4. The Morgan fingerprint density at radius 2 is 1.77 bits per heavy atom. The Balaban J connectivity index is 1.86. The number of nitrogens with one attached hydrogen (secondary N) is 1. The largest absolute Gasteiger partial charge is 0.346 e. The van der Waals surface area contributed by atoms with E-state index in [1.54, 1.807) is 4.68 Å². The number of hydrogen-bond acceptors (Lipinski definition) is 4. The number of rotatable bonds is 5. The van der Waals surface area contributed by atoms with Gasteiger partial charge in [0.15, 0.2) is 0 Å². The van der Waals surface area contributed by atoms with E-state index in [-0.39, 0.29) is 6.04 Å². The van der Waals surface area contributed by atoms with Gasteiger partial charge >= 0.3 is 0 Å². The van der Waals surface area contributed by atoms with E-state index in [4.69, 9.17) is 0 Å². The van der Waals surface area contributed by atoms with E-state index in [0.29, 0.717) is 5.95 Å². The zero-order chi connectivity index (χ0) is 15.4. The molecule has 0 radical (unpaired) electrons. The van der Waals surface area contributed by atoms with Gasteiger partial charge in [-0.1, -0.05) is 60.1 Å². The quantitative estimate of drug-likeness (QED) is 0.782. The van der Waals surface area contributed by atoms with Crippen molar-refractivity contribution < 1.29 is 0 Å². The predicted molar refractivity (Wildman–Crippen MR) is 87.0 cm³/mol. The summed E-state index contributed by atoms with van der Waals surface area (Å²) in [6.07, 6.45) is 0.949. The number of para-hydroxylation sites is 1. The van der Waals surface area contributed by atoms with Crippen LogP contribution in [0.4, 0.5) is 5.95 Å². The van der Waals surface area contributed by atoms with Crippen molar-refractivity contribution in [2.24, 2.45) is 0 Å². The molecule has 0 saturated carbocycles. The molecule has 0 unspecified atom stereocenters. The van der Waals surface area contributed by atoms with E-state index in [9.17, 15) is 0 Å². The third-order valence-corrected chi connectivity index (χ3v) is 3.66. The van der Waals surface area contributed by atoms with Crippen LogP contribution in [0.2, 0.25) is 0 Å². The summed E-state index contributed by atoms with van der Waals surface area (Å²) in [6.45, 7) is 4.24. The van der Waals surface area contributed by atoms with Crippen molar-refractivity contribution in [3.63, 3.8) is 0 Å². The number of anilines is 1. The van der Waals surface area contributed by atoms with Gasteiger partial charge in [-0.15, -0.1) is 0 Å². The van der Waals surface area contributed by atoms with Gasteiger partial charge in [-0.3, -0.25) is 0 Å². The van der Waals surface area contributed by atoms with Gasteiger partial charge in [0.1, 0.15) is 0 Å². The molecule has 1 heterocycles. The zero-order valence-corrected chi connectivity index (χ0v) is 12.8. The van der Waals surface area contributed by atoms with Crippen LogP contribution in [-0.2, 0) is 0 Å². The molecule has 112 valence electrons. The van der Waals surface area contributed by atoms with Gasteiger partial charge in [-0.25, -0.2) is 0 Å². The lowest BCUT2D eigenvalue weighted by Gasteiger charge is -2.18. The molecule has 0 aliphatic rings. The summed E-state index contributed by atoms with van der Waals surface area (Å²) in [5, 5.41) is 15.4. The van der Waals surface area contributed by atoms with Crippen LogP contribution in [0.25, 0.3) is 5.69 Å². The fourth-order valence-electron chi connectivity index (χ4n) is 2.40. The summed E-state index contributed by atoms with van der Waals surface area (Å²) in [7, 11) is 0. The van der Waals surface area contributed by atoms with Gasteiger partial charge in [0.25, 0.3) is 0 Å². The molecule has 0 spiro atoms. The third-order valence-electron chi connectivity index (χ3n) is 3.66. The predicted octanol–water partition coefficient (Wildman–Crippen LogP) is 3.53. The minimum atomic E-state index is 0.175. The van der Waals surface area contributed by atoms with Crippen molar-refractivity contribution in [1.29, 1.82) is 0 Å². The Morgan fingerprint density at radius 3 is 2.45 bits per heavy atom. The summed E-state index contributed by atoms with van der Waals surface area (Å²) < 4.78 is 1.72. The smallest absolute Gasteiger partial charge is 0.248 e. The van der Waals surface area contributed by atoms with Gasteiger partial charge < -0.3 is 5.32 Å². The lowest BCUT2D eigenvalue weighted by Crippen LogP contribution is -2.14. The standard InChI is InChI=1S/C17H19N5/c1-3-16(14-11-9-13(2)10-12-14)18-17-19-20-21-22(17)15-7-5-4-6-8-15/h4-12,16H,3H2,1-2H3,(H,18,19,21)/t16-/m0/s1. The molecule has 1 N–H and O–H groups in total. The molecule has 0 aliphatic carbocycles. The molecule has 3 rings (SSSR count). The van der Waals surface area contributed by atoms with Gasteiger partial charge in [0, 0.05) is 0 Å². The Labute approximate surface area is 130 Å². The molecular formula is C17H19N5. The van der Waals surface area contributed by atoms with Gasteiger partial charge in [0.05, 0.1) is 11.7 Å². The Bertz CT molecular complexity index is 718. The molecule has 0 aliphatic heterocycles. The van der Waals surface area contributed by atoms with Crippen LogP contribution in [0, 0.1) is 6.92 Å². The summed E-state index contributed by atoms with van der Waals surface area (Å²) >= 11 is 0. The maximum absolute atomic E-state index is 4.11. The highest BCUT2D eigenvalue weighted by Crippen LogP contribution is 2.22. The molecule has 0 bridgehead atoms. The monoisotopic (exact) mass is 293 g/mol. The van der Waals surface area contributed by atoms with Crippen LogP contribution in [0.3, 0.4) is 0 Å². The van der Waals surface area contributed by atoms with Crippen LogP contribution in [0.1, 0.15) is 30.5 Å². The number of aryl methyl sites for hydroxylation is 1. The Hall–Kier alpha value is -2.69. The minimum absolute atomic E-state index is 0.175.